The number of hydrogen-bond acceptors (Lipinski definition) is 3. The van der Waals surface area contributed by atoms with Crippen molar-refractivity contribution in [2.24, 2.45) is 0 Å². The van der Waals surface area contributed by atoms with E-state index in [-0.39, 0.29) is 5.91 Å². The van der Waals surface area contributed by atoms with Crippen LogP contribution < -0.4 is 4.74 Å². The van der Waals surface area contributed by atoms with E-state index in [0.717, 1.165) is 44.0 Å². The summed E-state index contributed by atoms with van der Waals surface area (Å²) in [4.78, 5) is 19.2. The molecule has 1 atom stereocenters. The van der Waals surface area contributed by atoms with Crippen molar-refractivity contribution in [3.05, 3.63) is 48.0 Å². The number of methoxy groups -OCH3 is 1. The summed E-state index contributed by atoms with van der Waals surface area (Å²) in [6.45, 7) is 4.59. The number of nitrogens with zero attached hydrogens (tertiary/aromatic N) is 3. The van der Waals surface area contributed by atoms with Crippen molar-refractivity contribution in [2.75, 3.05) is 20.2 Å². The van der Waals surface area contributed by atoms with Crippen LogP contribution in [-0.2, 0) is 6.54 Å². The highest BCUT2D eigenvalue weighted by molar-refractivity contribution is 5.94. The summed E-state index contributed by atoms with van der Waals surface area (Å²) in [5.41, 5.74) is 0.713. The van der Waals surface area contributed by atoms with Gasteiger partial charge in [0.05, 0.1) is 7.11 Å². The van der Waals surface area contributed by atoms with Gasteiger partial charge in [-0.05, 0) is 44.0 Å². The lowest BCUT2D eigenvalue weighted by Gasteiger charge is -2.32. The number of benzene rings is 1. The topological polar surface area (TPSA) is 47.4 Å². The smallest absolute Gasteiger partial charge is 0.253 e. The number of aromatic nitrogens is 2. The van der Waals surface area contributed by atoms with E-state index in [1.165, 1.54) is 0 Å². The van der Waals surface area contributed by atoms with Gasteiger partial charge >= 0.3 is 0 Å². The lowest BCUT2D eigenvalue weighted by Crippen LogP contribution is -2.39. The molecule has 5 heteroatoms. The molecule has 0 aliphatic carbocycles. The maximum Gasteiger partial charge on any atom is 0.253 e. The van der Waals surface area contributed by atoms with E-state index in [1.54, 1.807) is 7.11 Å². The quantitative estimate of drug-likeness (QED) is 0.872. The summed E-state index contributed by atoms with van der Waals surface area (Å²) >= 11 is 0. The van der Waals surface area contributed by atoms with Crippen LogP contribution in [0.15, 0.2) is 36.7 Å². The summed E-state index contributed by atoms with van der Waals surface area (Å²) in [5.74, 6) is 2.27. The van der Waals surface area contributed by atoms with E-state index >= 15 is 0 Å². The third-order valence-corrected chi connectivity index (χ3v) is 4.50. The van der Waals surface area contributed by atoms with Gasteiger partial charge in [0.2, 0.25) is 0 Å². The van der Waals surface area contributed by atoms with Gasteiger partial charge in [0, 0.05) is 43.5 Å². The van der Waals surface area contributed by atoms with Gasteiger partial charge in [-0.15, -0.1) is 0 Å². The normalized spacial score (nSPS) is 18.0. The monoisotopic (exact) mass is 313 g/mol. The fraction of sp³-hybridized carbons (Fsp3) is 0.444. The highest BCUT2D eigenvalue weighted by Gasteiger charge is 2.27. The van der Waals surface area contributed by atoms with Crippen LogP contribution in [-0.4, -0.2) is 40.6 Å². The van der Waals surface area contributed by atoms with Gasteiger partial charge < -0.3 is 14.2 Å². The first kappa shape index (κ1) is 15.6. The van der Waals surface area contributed by atoms with E-state index < -0.39 is 0 Å². The van der Waals surface area contributed by atoms with Gasteiger partial charge in [-0.3, -0.25) is 4.79 Å². The number of carbonyl (C=O) groups is 1. The van der Waals surface area contributed by atoms with E-state index in [2.05, 4.69) is 16.5 Å². The molecule has 0 saturated carbocycles. The molecule has 1 aliphatic rings. The molecule has 23 heavy (non-hydrogen) atoms. The molecule has 1 unspecified atom stereocenters. The number of carbonyl (C=O) groups excluding carboxylic acids is 1. The molecular formula is C18H23N3O2. The molecule has 122 valence electrons. The Bertz CT molecular complexity index is 663. The van der Waals surface area contributed by atoms with Crippen LogP contribution in [0.1, 0.15) is 41.9 Å². The average molecular weight is 313 g/mol. The van der Waals surface area contributed by atoms with E-state index in [9.17, 15) is 4.79 Å². The Labute approximate surface area is 136 Å². The summed E-state index contributed by atoms with van der Waals surface area (Å²) in [5, 5.41) is 0. The van der Waals surface area contributed by atoms with Crippen LogP contribution in [0, 0.1) is 0 Å². The number of imidazole rings is 1. The van der Waals surface area contributed by atoms with Crippen molar-refractivity contribution in [3.8, 4) is 5.75 Å². The van der Waals surface area contributed by atoms with Crippen molar-refractivity contribution in [1.29, 1.82) is 0 Å². The van der Waals surface area contributed by atoms with Crippen LogP contribution in [0.5, 0.6) is 5.75 Å². The van der Waals surface area contributed by atoms with Crippen LogP contribution in [0.3, 0.4) is 0 Å². The minimum absolute atomic E-state index is 0.0898. The van der Waals surface area contributed by atoms with Gasteiger partial charge in [0.25, 0.3) is 5.91 Å². The van der Waals surface area contributed by atoms with Crippen LogP contribution >= 0.6 is 0 Å². The second-order valence-electron chi connectivity index (χ2n) is 5.89. The molecule has 1 aromatic heterocycles. The van der Waals surface area contributed by atoms with E-state index in [1.807, 2.05) is 41.6 Å². The molecule has 1 saturated heterocycles. The summed E-state index contributed by atoms with van der Waals surface area (Å²) < 4.78 is 7.32. The molecule has 0 radical (unpaired) electrons. The molecule has 2 aromatic rings. The molecule has 1 amide bonds. The molecule has 0 bridgehead atoms. The van der Waals surface area contributed by atoms with Gasteiger partial charge in [0.15, 0.2) is 0 Å². The second-order valence-corrected chi connectivity index (χ2v) is 5.89. The molecule has 1 aliphatic heterocycles. The number of ether oxygens (including phenoxy) is 1. The Morgan fingerprint density at radius 1 is 1.35 bits per heavy atom. The first-order valence-corrected chi connectivity index (χ1v) is 8.17. The molecule has 3 rings (SSSR count). The number of piperidine rings is 1. The van der Waals surface area contributed by atoms with Crippen LogP contribution in [0.25, 0.3) is 0 Å². The Morgan fingerprint density at radius 2 is 2.13 bits per heavy atom. The van der Waals surface area contributed by atoms with Crippen LogP contribution in [0.2, 0.25) is 0 Å². The maximum absolute atomic E-state index is 12.7. The summed E-state index contributed by atoms with van der Waals surface area (Å²) in [7, 11) is 1.63. The third-order valence-electron chi connectivity index (χ3n) is 4.50. The van der Waals surface area contributed by atoms with Gasteiger partial charge in [-0.1, -0.05) is 0 Å². The van der Waals surface area contributed by atoms with Gasteiger partial charge in [-0.25, -0.2) is 4.98 Å². The number of hydrogen-bond donors (Lipinski definition) is 0. The molecule has 2 heterocycles. The largest absolute Gasteiger partial charge is 0.497 e. The Balaban J connectivity index is 1.73. The van der Waals surface area contributed by atoms with Crippen molar-refractivity contribution >= 4 is 5.91 Å². The van der Waals surface area contributed by atoms with Crippen molar-refractivity contribution < 1.29 is 9.53 Å². The zero-order chi connectivity index (χ0) is 16.2. The summed E-state index contributed by atoms with van der Waals surface area (Å²) in [6, 6.07) is 7.33. The summed E-state index contributed by atoms with van der Waals surface area (Å²) in [6.07, 6.45) is 5.97. The minimum Gasteiger partial charge on any atom is -0.497 e. The van der Waals surface area contributed by atoms with Crippen molar-refractivity contribution in [2.45, 2.75) is 32.2 Å². The second kappa shape index (κ2) is 6.86. The van der Waals surface area contributed by atoms with Crippen molar-refractivity contribution in [1.82, 2.24) is 14.5 Å². The number of aryl methyl sites for hydroxylation is 1. The molecule has 1 aromatic carbocycles. The lowest BCUT2D eigenvalue weighted by atomic mass is 9.96. The molecule has 0 spiro atoms. The van der Waals surface area contributed by atoms with Crippen molar-refractivity contribution in [3.63, 3.8) is 0 Å². The number of rotatable bonds is 4. The molecule has 1 fully saturated rings. The third kappa shape index (κ3) is 3.23. The maximum atomic E-state index is 12.7. The fourth-order valence-corrected chi connectivity index (χ4v) is 3.24. The average Bonchev–Trinajstić information content (AvgIpc) is 3.10. The molecule has 0 N–H and O–H groups in total. The van der Waals surface area contributed by atoms with E-state index in [0.29, 0.717) is 11.5 Å². The van der Waals surface area contributed by atoms with Crippen LogP contribution in [0.4, 0.5) is 0 Å². The van der Waals surface area contributed by atoms with Gasteiger partial charge in [0.1, 0.15) is 11.6 Å². The predicted octanol–water partition coefficient (Wildman–Crippen LogP) is 2.93. The molecular weight excluding hydrogens is 290 g/mol. The first-order valence-electron chi connectivity index (χ1n) is 8.17. The van der Waals surface area contributed by atoms with Gasteiger partial charge in [-0.2, -0.15) is 0 Å². The Hall–Kier alpha value is -2.30. The minimum atomic E-state index is 0.0898. The zero-order valence-corrected chi connectivity index (χ0v) is 13.7. The Kier molecular flexibility index (Phi) is 4.65. The Morgan fingerprint density at radius 3 is 2.83 bits per heavy atom. The SMILES string of the molecule is CCn1ccnc1C1CCCN(C(=O)c2ccc(OC)cc2)C1. The highest BCUT2D eigenvalue weighted by Crippen LogP contribution is 2.27. The van der Waals surface area contributed by atoms with E-state index in [4.69, 9.17) is 4.74 Å². The first-order chi connectivity index (χ1) is 11.2. The number of amides is 1. The molecule has 5 nitrogen and oxygen atoms in total. The lowest BCUT2D eigenvalue weighted by molar-refractivity contribution is 0.0703. The zero-order valence-electron chi connectivity index (χ0n) is 13.7. The highest BCUT2D eigenvalue weighted by atomic mass is 16.5. The fourth-order valence-electron chi connectivity index (χ4n) is 3.24. The predicted molar refractivity (Wildman–Crippen MR) is 88.8 cm³/mol. The number of likely N-dealkylation sites (tertiary alicyclic amines) is 1. The standard InChI is InChI=1S/C18H23N3O2/c1-3-20-12-10-19-17(20)15-5-4-11-21(13-15)18(22)14-6-8-16(23-2)9-7-14/h6-10,12,15H,3-5,11,13H2,1-2H3.